The van der Waals surface area contributed by atoms with Gasteiger partial charge in [-0.2, -0.15) is 0 Å². The van der Waals surface area contributed by atoms with Crippen molar-refractivity contribution < 1.29 is 0 Å². The summed E-state index contributed by atoms with van der Waals surface area (Å²) in [5.74, 6) is 0.768. The van der Waals surface area contributed by atoms with Crippen molar-refractivity contribution in [2.24, 2.45) is 5.92 Å². The third kappa shape index (κ3) is 3.14. The maximum atomic E-state index is 6.03. The second-order valence-corrected chi connectivity index (χ2v) is 7.38. The maximum Gasteiger partial charge on any atom is 0.137 e. The Hall–Kier alpha value is -2.33. The Balaban J connectivity index is 1.83. The van der Waals surface area contributed by atoms with Crippen LogP contribution in [0.15, 0.2) is 42.5 Å². The minimum absolute atomic E-state index is 0.768. The quantitative estimate of drug-likeness (QED) is 0.733. The van der Waals surface area contributed by atoms with Crippen LogP contribution in [0.3, 0.4) is 0 Å². The molecule has 1 aromatic carbocycles. The van der Waals surface area contributed by atoms with Crippen molar-refractivity contribution in [2.75, 3.05) is 18.8 Å². The van der Waals surface area contributed by atoms with Gasteiger partial charge in [-0.1, -0.05) is 25.1 Å². The molecule has 2 aromatic heterocycles. The number of pyridine rings is 1. The Bertz CT molecular complexity index is 896. The molecule has 3 heterocycles. The predicted molar refractivity (Wildman–Crippen MR) is 103 cm³/mol. The van der Waals surface area contributed by atoms with Crippen molar-refractivity contribution in [3.63, 3.8) is 0 Å². The van der Waals surface area contributed by atoms with E-state index in [2.05, 4.69) is 47.4 Å². The maximum absolute atomic E-state index is 6.03. The summed E-state index contributed by atoms with van der Waals surface area (Å²) in [6, 6.07) is 14.4. The van der Waals surface area contributed by atoms with Crippen LogP contribution in [0.1, 0.15) is 31.2 Å². The van der Waals surface area contributed by atoms with Gasteiger partial charge >= 0.3 is 0 Å². The van der Waals surface area contributed by atoms with Gasteiger partial charge in [0.25, 0.3) is 0 Å². The van der Waals surface area contributed by atoms with Gasteiger partial charge in [0.2, 0.25) is 0 Å². The average molecular weight is 334 g/mol. The zero-order valence-electron chi connectivity index (χ0n) is 15.1. The first-order valence-corrected chi connectivity index (χ1v) is 9.17. The summed E-state index contributed by atoms with van der Waals surface area (Å²) in [6.07, 6.45) is 2.62. The second kappa shape index (κ2) is 6.52. The molecule has 4 heteroatoms. The van der Waals surface area contributed by atoms with Crippen LogP contribution in [0.4, 0.5) is 5.69 Å². The molecule has 4 rings (SSSR count). The number of hydrogen-bond donors (Lipinski definition) is 1. The van der Waals surface area contributed by atoms with E-state index in [0.717, 1.165) is 41.6 Å². The van der Waals surface area contributed by atoms with Crippen molar-refractivity contribution >= 4 is 11.3 Å². The highest BCUT2D eigenvalue weighted by molar-refractivity contribution is 5.69. The van der Waals surface area contributed by atoms with Gasteiger partial charge in [-0.25, -0.2) is 4.98 Å². The molecule has 3 aromatic rings. The molecule has 0 spiro atoms. The summed E-state index contributed by atoms with van der Waals surface area (Å²) in [6.45, 7) is 7.76. The Morgan fingerprint density at radius 2 is 2.04 bits per heavy atom. The first kappa shape index (κ1) is 16.2. The smallest absolute Gasteiger partial charge is 0.137 e. The Labute approximate surface area is 149 Å². The number of imidazole rings is 1. The van der Waals surface area contributed by atoms with Gasteiger partial charge in [-0.3, -0.25) is 9.30 Å². The van der Waals surface area contributed by atoms with Crippen LogP contribution < -0.4 is 5.73 Å². The van der Waals surface area contributed by atoms with Crippen LogP contribution in [0, 0.1) is 12.8 Å². The van der Waals surface area contributed by atoms with Gasteiger partial charge in [0, 0.05) is 30.0 Å². The van der Waals surface area contributed by atoms with E-state index in [1.54, 1.807) is 0 Å². The van der Waals surface area contributed by atoms with Crippen molar-refractivity contribution in [3.8, 4) is 11.3 Å². The van der Waals surface area contributed by atoms with E-state index in [1.807, 2.05) is 18.2 Å². The summed E-state index contributed by atoms with van der Waals surface area (Å²) in [5, 5.41) is 0. The summed E-state index contributed by atoms with van der Waals surface area (Å²) < 4.78 is 2.30. The molecule has 4 nitrogen and oxygen atoms in total. The van der Waals surface area contributed by atoms with E-state index in [-0.39, 0.29) is 0 Å². The van der Waals surface area contributed by atoms with Gasteiger partial charge in [-0.05, 0) is 56.5 Å². The molecule has 1 fully saturated rings. The van der Waals surface area contributed by atoms with E-state index in [1.165, 1.54) is 30.8 Å². The summed E-state index contributed by atoms with van der Waals surface area (Å²) in [7, 11) is 0. The molecule has 0 amide bonds. The molecular formula is C21H26N4. The number of rotatable bonds is 3. The van der Waals surface area contributed by atoms with Gasteiger partial charge in [-0.15, -0.1) is 0 Å². The van der Waals surface area contributed by atoms with Gasteiger partial charge < -0.3 is 5.73 Å². The number of aromatic nitrogens is 2. The predicted octanol–water partition coefficient (Wildman–Crippen LogP) is 4.12. The fourth-order valence-corrected chi connectivity index (χ4v) is 4.03. The highest BCUT2D eigenvalue weighted by Gasteiger charge is 2.21. The molecule has 1 atom stereocenters. The Morgan fingerprint density at radius 1 is 1.20 bits per heavy atom. The topological polar surface area (TPSA) is 46.6 Å². The van der Waals surface area contributed by atoms with E-state index >= 15 is 0 Å². The molecule has 1 saturated heterocycles. The molecule has 0 radical (unpaired) electrons. The lowest BCUT2D eigenvalue weighted by molar-refractivity contribution is 0.174. The van der Waals surface area contributed by atoms with Crippen molar-refractivity contribution in [1.82, 2.24) is 14.3 Å². The van der Waals surface area contributed by atoms with Crippen LogP contribution in [-0.4, -0.2) is 27.4 Å². The highest BCUT2D eigenvalue weighted by atomic mass is 15.2. The Kier molecular flexibility index (Phi) is 4.22. The molecule has 1 unspecified atom stereocenters. The molecule has 25 heavy (non-hydrogen) atoms. The van der Waals surface area contributed by atoms with Crippen LogP contribution >= 0.6 is 0 Å². The van der Waals surface area contributed by atoms with E-state index in [9.17, 15) is 0 Å². The van der Waals surface area contributed by atoms with Crippen LogP contribution in [0.25, 0.3) is 16.9 Å². The van der Waals surface area contributed by atoms with E-state index in [4.69, 9.17) is 10.7 Å². The number of piperidine rings is 1. The number of likely N-dealkylation sites (tertiary alicyclic amines) is 1. The summed E-state index contributed by atoms with van der Waals surface area (Å²) in [4.78, 5) is 7.52. The van der Waals surface area contributed by atoms with Crippen molar-refractivity contribution in [3.05, 3.63) is 53.9 Å². The number of benzene rings is 1. The zero-order valence-corrected chi connectivity index (χ0v) is 15.1. The molecule has 0 bridgehead atoms. The number of nitrogens with zero attached hydrogens (tertiary/aromatic N) is 3. The molecule has 1 aliphatic heterocycles. The zero-order chi connectivity index (χ0) is 17.4. The standard InChI is InChI=1S/C21H26N4/c1-15-6-5-11-24(13-15)14-19-21(17-8-4-9-18(22)12-17)23-20-10-3-7-16(2)25(19)20/h3-4,7-10,12,15H,5-6,11,13-14,22H2,1-2H3. The van der Waals surface area contributed by atoms with E-state index in [0.29, 0.717) is 0 Å². The van der Waals surface area contributed by atoms with E-state index < -0.39 is 0 Å². The molecule has 130 valence electrons. The lowest BCUT2D eigenvalue weighted by Gasteiger charge is -2.31. The molecule has 2 N–H and O–H groups in total. The van der Waals surface area contributed by atoms with Crippen LogP contribution in [-0.2, 0) is 6.54 Å². The number of anilines is 1. The molecule has 1 aliphatic rings. The first-order chi connectivity index (χ1) is 12.1. The molecular weight excluding hydrogens is 308 g/mol. The Morgan fingerprint density at radius 3 is 2.84 bits per heavy atom. The lowest BCUT2D eigenvalue weighted by Crippen LogP contribution is -2.34. The lowest BCUT2D eigenvalue weighted by atomic mass is 10.00. The molecule has 0 saturated carbocycles. The number of hydrogen-bond acceptors (Lipinski definition) is 3. The minimum atomic E-state index is 0.768. The number of nitrogens with two attached hydrogens (primary N) is 1. The highest BCUT2D eigenvalue weighted by Crippen LogP contribution is 2.29. The summed E-state index contributed by atoms with van der Waals surface area (Å²) in [5.41, 5.74) is 12.5. The normalized spacial score (nSPS) is 18.7. The van der Waals surface area contributed by atoms with Crippen LogP contribution in [0.2, 0.25) is 0 Å². The summed E-state index contributed by atoms with van der Waals surface area (Å²) >= 11 is 0. The van der Waals surface area contributed by atoms with Gasteiger partial charge in [0.05, 0.1) is 11.4 Å². The fraction of sp³-hybridized carbons (Fsp3) is 0.381. The first-order valence-electron chi connectivity index (χ1n) is 9.17. The van der Waals surface area contributed by atoms with Crippen molar-refractivity contribution in [1.29, 1.82) is 0 Å². The number of fused-ring (bicyclic) bond motifs is 1. The van der Waals surface area contributed by atoms with Gasteiger partial charge in [0.15, 0.2) is 0 Å². The SMILES string of the molecule is Cc1cccc2nc(-c3cccc(N)c3)c(CN3CCCC(C)C3)n12. The molecule has 0 aliphatic carbocycles. The van der Waals surface area contributed by atoms with Crippen LogP contribution in [0.5, 0.6) is 0 Å². The third-order valence-electron chi connectivity index (χ3n) is 5.21. The number of aryl methyl sites for hydroxylation is 1. The second-order valence-electron chi connectivity index (χ2n) is 7.38. The minimum Gasteiger partial charge on any atom is -0.399 e. The monoisotopic (exact) mass is 334 g/mol. The van der Waals surface area contributed by atoms with Gasteiger partial charge in [0.1, 0.15) is 5.65 Å². The largest absolute Gasteiger partial charge is 0.399 e. The average Bonchev–Trinajstić information content (AvgIpc) is 2.95. The number of nitrogen functional groups attached to an aromatic ring is 1. The third-order valence-corrected chi connectivity index (χ3v) is 5.21. The van der Waals surface area contributed by atoms with Crippen molar-refractivity contribution in [2.45, 2.75) is 33.2 Å². The fourth-order valence-electron chi connectivity index (χ4n) is 4.03.